The third kappa shape index (κ3) is 3.51. The van der Waals surface area contributed by atoms with Crippen molar-refractivity contribution in [3.05, 3.63) is 51.2 Å². The van der Waals surface area contributed by atoms with Crippen molar-refractivity contribution in [2.45, 2.75) is 38.8 Å². The number of carbonyl (C=O) groups excluding carboxylic acids is 3. The fourth-order valence-electron chi connectivity index (χ4n) is 4.56. The summed E-state index contributed by atoms with van der Waals surface area (Å²) < 4.78 is 0. The second-order valence-electron chi connectivity index (χ2n) is 7.98. The summed E-state index contributed by atoms with van der Waals surface area (Å²) in [6.07, 6.45) is 1.91. The van der Waals surface area contributed by atoms with E-state index in [-0.39, 0.29) is 30.1 Å². The zero-order chi connectivity index (χ0) is 22.3. The molecule has 4 rings (SSSR count). The molecule has 0 aromatic heterocycles. The van der Waals surface area contributed by atoms with Gasteiger partial charge in [-0.3, -0.25) is 24.6 Å². The lowest BCUT2D eigenvalue weighted by Crippen LogP contribution is -2.47. The summed E-state index contributed by atoms with van der Waals surface area (Å²) in [5.74, 6) is -0.426. The molecule has 0 aliphatic carbocycles. The number of rotatable bonds is 5. The van der Waals surface area contributed by atoms with E-state index in [1.165, 1.54) is 28.0 Å². The Kier molecular flexibility index (Phi) is 5.38. The first-order valence-electron chi connectivity index (χ1n) is 10.5. The molecule has 1 saturated heterocycles. The van der Waals surface area contributed by atoms with Crippen molar-refractivity contribution >= 4 is 23.5 Å². The first-order valence-corrected chi connectivity index (χ1v) is 10.5. The largest absolute Gasteiger partial charge is 0.341 e. The van der Waals surface area contributed by atoms with Crippen molar-refractivity contribution in [2.24, 2.45) is 0 Å². The molecule has 3 heterocycles. The minimum absolute atomic E-state index is 0.0973. The maximum atomic E-state index is 13.5. The van der Waals surface area contributed by atoms with Crippen LogP contribution in [0.4, 0.5) is 10.5 Å². The molecule has 1 N–H and O–H groups in total. The number of hydrogen-bond donors (Lipinski definition) is 1. The molecule has 31 heavy (non-hydrogen) atoms. The highest BCUT2D eigenvalue weighted by atomic mass is 16.6. The molecule has 0 radical (unpaired) electrons. The lowest BCUT2D eigenvalue weighted by Gasteiger charge is -2.32. The van der Waals surface area contributed by atoms with Crippen LogP contribution in [0, 0.1) is 10.1 Å². The molecule has 2 atom stereocenters. The number of nitro benzene ring substituents is 1. The van der Waals surface area contributed by atoms with Gasteiger partial charge in [0, 0.05) is 31.8 Å². The number of benzene rings is 1. The molecule has 4 amide bonds. The van der Waals surface area contributed by atoms with E-state index in [1.54, 1.807) is 17.9 Å². The number of carbonyl (C=O) groups is 3. The molecule has 1 fully saturated rings. The zero-order valence-electron chi connectivity index (χ0n) is 17.5. The highest BCUT2D eigenvalue weighted by molar-refractivity contribution is 6.03. The second-order valence-corrected chi connectivity index (χ2v) is 7.98. The molecule has 0 unspecified atom stereocenters. The molecule has 0 bridgehead atoms. The first-order chi connectivity index (χ1) is 14.8. The predicted molar refractivity (Wildman–Crippen MR) is 111 cm³/mol. The minimum atomic E-state index is -0.809. The zero-order valence-corrected chi connectivity index (χ0v) is 17.5. The number of amides is 4. The van der Waals surface area contributed by atoms with E-state index < -0.39 is 17.0 Å². The molecular formula is C21H25N5O5. The Morgan fingerprint density at radius 1 is 1.29 bits per heavy atom. The van der Waals surface area contributed by atoms with E-state index in [0.29, 0.717) is 36.5 Å². The smallest absolute Gasteiger partial charge is 0.322 e. The minimum Gasteiger partial charge on any atom is -0.341 e. The van der Waals surface area contributed by atoms with Gasteiger partial charge in [0.1, 0.15) is 6.04 Å². The van der Waals surface area contributed by atoms with Crippen molar-refractivity contribution in [1.29, 1.82) is 0 Å². The highest BCUT2D eigenvalue weighted by Gasteiger charge is 2.46. The van der Waals surface area contributed by atoms with Gasteiger partial charge in [-0.1, -0.05) is 12.1 Å². The van der Waals surface area contributed by atoms with Crippen LogP contribution in [0.25, 0.3) is 0 Å². The summed E-state index contributed by atoms with van der Waals surface area (Å²) >= 11 is 0. The number of nitro groups is 1. The van der Waals surface area contributed by atoms with Gasteiger partial charge >= 0.3 is 6.03 Å². The van der Waals surface area contributed by atoms with Crippen LogP contribution >= 0.6 is 0 Å². The summed E-state index contributed by atoms with van der Waals surface area (Å²) in [5.41, 5.74) is 1.25. The van der Waals surface area contributed by atoms with Crippen LogP contribution in [0.15, 0.2) is 35.5 Å². The van der Waals surface area contributed by atoms with Gasteiger partial charge in [-0.05, 0) is 32.3 Å². The van der Waals surface area contributed by atoms with Gasteiger partial charge in [0.15, 0.2) is 0 Å². The van der Waals surface area contributed by atoms with Crippen molar-refractivity contribution in [2.75, 3.05) is 26.2 Å². The third-order valence-corrected chi connectivity index (χ3v) is 6.22. The number of urea groups is 1. The van der Waals surface area contributed by atoms with E-state index >= 15 is 0 Å². The van der Waals surface area contributed by atoms with Crippen molar-refractivity contribution in [3.8, 4) is 0 Å². The summed E-state index contributed by atoms with van der Waals surface area (Å²) in [7, 11) is 0. The van der Waals surface area contributed by atoms with Crippen LogP contribution in [0.2, 0.25) is 0 Å². The van der Waals surface area contributed by atoms with Crippen LogP contribution in [-0.4, -0.2) is 69.7 Å². The van der Waals surface area contributed by atoms with Gasteiger partial charge in [0.05, 0.1) is 28.8 Å². The average Bonchev–Trinajstić information content (AvgIpc) is 3.41. The molecule has 0 spiro atoms. The van der Waals surface area contributed by atoms with Crippen LogP contribution in [0.5, 0.6) is 0 Å². The monoisotopic (exact) mass is 427 g/mol. The summed E-state index contributed by atoms with van der Waals surface area (Å²) in [6, 6.07) is 4.08. The number of nitrogens with zero attached hydrogens (tertiary/aromatic N) is 4. The van der Waals surface area contributed by atoms with Crippen molar-refractivity contribution < 1.29 is 19.3 Å². The fourth-order valence-corrected chi connectivity index (χ4v) is 4.56. The van der Waals surface area contributed by atoms with E-state index in [1.807, 2.05) is 6.92 Å². The quantitative estimate of drug-likeness (QED) is 0.568. The van der Waals surface area contributed by atoms with E-state index in [4.69, 9.17) is 0 Å². The molecule has 1 aromatic rings. The number of likely N-dealkylation sites (N-methyl/N-ethyl adjacent to an activating group) is 1. The molecule has 3 aliphatic heterocycles. The SMILES string of the molecule is CCN1C(=O)N[C@H](c2cccc([N+](=O)[O-])c2)C2=C1CN([C@H](C)C(=O)N1CCCC1)C2=O. The highest BCUT2D eigenvalue weighted by Crippen LogP contribution is 2.37. The average molecular weight is 427 g/mol. The number of non-ortho nitro benzene ring substituents is 1. The fraction of sp³-hybridized carbons (Fsp3) is 0.476. The van der Waals surface area contributed by atoms with E-state index in [0.717, 1.165) is 12.8 Å². The van der Waals surface area contributed by atoms with Gasteiger partial charge in [-0.25, -0.2) is 4.79 Å². The second kappa shape index (κ2) is 8.01. The molecule has 10 nitrogen and oxygen atoms in total. The maximum Gasteiger partial charge on any atom is 0.322 e. The maximum absolute atomic E-state index is 13.5. The van der Waals surface area contributed by atoms with Crippen molar-refractivity contribution in [1.82, 2.24) is 20.0 Å². The lowest BCUT2D eigenvalue weighted by molar-refractivity contribution is -0.384. The Morgan fingerprint density at radius 3 is 2.65 bits per heavy atom. The molecule has 164 valence electrons. The Labute approximate surface area is 179 Å². The van der Waals surface area contributed by atoms with Gasteiger partial charge < -0.3 is 15.1 Å². The normalized spacial score (nSPS) is 22.0. The lowest BCUT2D eigenvalue weighted by atomic mass is 9.95. The van der Waals surface area contributed by atoms with Crippen LogP contribution < -0.4 is 5.32 Å². The molecule has 3 aliphatic rings. The molecular weight excluding hydrogens is 402 g/mol. The summed E-state index contributed by atoms with van der Waals surface area (Å²) in [5, 5.41) is 14.0. The Hall–Kier alpha value is -3.43. The van der Waals surface area contributed by atoms with Gasteiger partial charge in [-0.2, -0.15) is 0 Å². The predicted octanol–water partition coefficient (Wildman–Crippen LogP) is 1.79. The Morgan fingerprint density at radius 2 is 2.00 bits per heavy atom. The standard InChI is InChI=1S/C21H25N5O5/c1-3-24-16-12-25(13(2)19(27)23-9-4-5-10-23)20(28)17(16)18(22-21(24)29)14-7-6-8-15(11-14)26(30)31/h6-8,11,13,18H,3-5,9-10,12H2,1-2H3,(H,22,29)/t13-,18-/m1/s1. The summed E-state index contributed by atoms with van der Waals surface area (Å²) in [4.78, 5) is 54.6. The van der Waals surface area contributed by atoms with Gasteiger partial charge in [0.2, 0.25) is 5.91 Å². The molecule has 0 saturated carbocycles. The third-order valence-electron chi connectivity index (χ3n) is 6.22. The topological polar surface area (TPSA) is 116 Å². The van der Waals surface area contributed by atoms with Gasteiger partial charge in [0.25, 0.3) is 11.6 Å². The Bertz CT molecular complexity index is 984. The van der Waals surface area contributed by atoms with Crippen LogP contribution in [0.1, 0.15) is 38.3 Å². The Balaban J connectivity index is 1.69. The molecule has 10 heteroatoms. The summed E-state index contributed by atoms with van der Waals surface area (Å²) in [6.45, 7) is 5.42. The number of likely N-dealkylation sites (tertiary alicyclic amines) is 1. The van der Waals surface area contributed by atoms with Crippen molar-refractivity contribution in [3.63, 3.8) is 0 Å². The molecule has 1 aromatic carbocycles. The van der Waals surface area contributed by atoms with Gasteiger partial charge in [-0.15, -0.1) is 0 Å². The first kappa shape index (κ1) is 20.8. The van der Waals surface area contributed by atoms with E-state index in [2.05, 4.69) is 5.32 Å². The number of nitrogens with one attached hydrogen (secondary N) is 1. The van der Waals surface area contributed by atoms with Crippen LogP contribution in [-0.2, 0) is 9.59 Å². The van der Waals surface area contributed by atoms with Crippen LogP contribution in [0.3, 0.4) is 0 Å². The number of hydrogen-bond acceptors (Lipinski definition) is 5. The van der Waals surface area contributed by atoms with E-state index in [9.17, 15) is 24.5 Å².